The predicted molar refractivity (Wildman–Crippen MR) is 94.5 cm³/mol. The maximum absolute atomic E-state index is 13.7. The number of aromatic nitrogens is 1. The van der Waals surface area contributed by atoms with Gasteiger partial charge in [-0.15, -0.1) is 11.3 Å². The third-order valence-electron chi connectivity index (χ3n) is 3.49. The minimum Gasteiger partial charge on any atom is -0.352 e. The predicted octanol–water partition coefficient (Wildman–Crippen LogP) is 4.46. The van der Waals surface area contributed by atoms with E-state index in [1.54, 1.807) is 29.8 Å². The molecule has 1 amide bonds. The molecule has 0 unspecified atom stereocenters. The topological polar surface area (TPSA) is 42.0 Å². The second kappa shape index (κ2) is 7.55. The van der Waals surface area contributed by atoms with E-state index in [4.69, 9.17) is 11.6 Å². The summed E-state index contributed by atoms with van der Waals surface area (Å²) in [5, 5.41) is 5.03. The van der Waals surface area contributed by atoms with Gasteiger partial charge in [0.2, 0.25) is 5.91 Å². The largest absolute Gasteiger partial charge is 0.352 e. The standard InChI is InChI=1S/C18H14ClFN2OS/c19-15-3-1-4-16(20)14(15)8-18(23)22-10-12-7-13(11-21-9-12)17-5-2-6-24-17/h1-7,9,11H,8,10H2,(H,22,23). The van der Waals surface area contributed by atoms with Crippen molar-refractivity contribution in [3.8, 4) is 10.4 Å². The first-order valence-corrected chi connectivity index (χ1v) is 8.56. The maximum atomic E-state index is 13.7. The zero-order valence-corrected chi connectivity index (χ0v) is 14.2. The van der Waals surface area contributed by atoms with E-state index in [1.165, 1.54) is 12.1 Å². The van der Waals surface area contributed by atoms with Crippen LogP contribution in [-0.2, 0) is 17.8 Å². The Bertz CT molecular complexity index is 832. The lowest BCUT2D eigenvalue weighted by atomic mass is 10.1. The lowest BCUT2D eigenvalue weighted by Gasteiger charge is -2.08. The molecule has 122 valence electrons. The number of thiophene rings is 1. The fourth-order valence-electron chi connectivity index (χ4n) is 2.29. The molecule has 3 nitrogen and oxygen atoms in total. The number of amides is 1. The minimum absolute atomic E-state index is 0.0937. The van der Waals surface area contributed by atoms with Gasteiger partial charge in [-0.25, -0.2) is 4.39 Å². The van der Waals surface area contributed by atoms with E-state index in [2.05, 4.69) is 10.3 Å². The summed E-state index contributed by atoms with van der Waals surface area (Å²) in [5.41, 5.74) is 2.10. The third-order valence-corrected chi connectivity index (χ3v) is 4.76. The molecular formula is C18H14ClFN2OS. The Morgan fingerprint density at radius 1 is 1.25 bits per heavy atom. The van der Waals surface area contributed by atoms with Crippen LogP contribution in [0.5, 0.6) is 0 Å². The molecule has 3 rings (SSSR count). The van der Waals surface area contributed by atoms with Gasteiger partial charge < -0.3 is 5.32 Å². The molecule has 0 saturated heterocycles. The van der Waals surface area contributed by atoms with Gasteiger partial charge >= 0.3 is 0 Å². The van der Waals surface area contributed by atoms with Crippen LogP contribution in [0.25, 0.3) is 10.4 Å². The summed E-state index contributed by atoms with van der Waals surface area (Å²) in [4.78, 5) is 17.4. The van der Waals surface area contributed by atoms with Gasteiger partial charge in [0.1, 0.15) is 5.82 Å². The molecule has 2 aromatic heterocycles. The summed E-state index contributed by atoms with van der Waals surface area (Å²) >= 11 is 7.57. The Morgan fingerprint density at radius 3 is 2.88 bits per heavy atom. The average molecular weight is 361 g/mol. The molecule has 0 aliphatic carbocycles. The number of halogens is 2. The van der Waals surface area contributed by atoms with Gasteiger partial charge in [0.15, 0.2) is 0 Å². The zero-order valence-electron chi connectivity index (χ0n) is 12.6. The lowest BCUT2D eigenvalue weighted by Crippen LogP contribution is -2.25. The van der Waals surface area contributed by atoms with Crippen molar-refractivity contribution in [3.05, 3.63) is 76.1 Å². The fraction of sp³-hybridized carbons (Fsp3) is 0.111. The number of benzene rings is 1. The summed E-state index contributed by atoms with van der Waals surface area (Å²) in [6.07, 6.45) is 3.40. The Morgan fingerprint density at radius 2 is 2.12 bits per heavy atom. The first kappa shape index (κ1) is 16.6. The van der Waals surface area contributed by atoms with Crippen LogP contribution in [0.2, 0.25) is 5.02 Å². The van der Waals surface area contributed by atoms with Gasteiger partial charge in [-0.05, 0) is 35.2 Å². The van der Waals surface area contributed by atoms with Gasteiger partial charge in [0.05, 0.1) is 6.42 Å². The summed E-state index contributed by atoms with van der Waals surface area (Å²) in [5.74, 6) is -0.762. The van der Waals surface area contributed by atoms with Crippen molar-refractivity contribution in [2.45, 2.75) is 13.0 Å². The van der Waals surface area contributed by atoms with E-state index < -0.39 is 5.82 Å². The van der Waals surface area contributed by atoms with Gasteiger partial charge in [-0.1, -0.05) is 23.7 Å². The number of nitrogens with one attached hydrogen (secondary N) is 1. The van der Waals surface area contributed by atoms with Crippen LogP contribution >= 0.6 is 22.9 Å². The summed E-state index contributed by atoms with van der Waals surface area (Å²) < 4.78 is 13.7. The fourth-order valence-corrected chi connectivity index (χ4v) is 3.23. The second-order valence-electron chi connectivity index (χ2n) is 5.21. The average Bonchev–Trinajstić information content (AvgIpc) is 3.11. The monoisotopic (exact) mass is 360 g/mol. The van der Waals surface area contributed by atoms with E-state index >= 15 is 0 Å². The molecule has 0 spiro atoms. The molecular weight excluding hydrogens is 347 g/mol. The number of rotatable bonds is 5. The molecule has 0 atom stereocenters. The third kappa shape index (κ3) is 3.99. The number of hydrogen-bond donors (Lipinski definition) is 1. The van der Waals surface area contributed by atoms with Crippen molar-refractivity contribution in [1.82, 2.24) is 10.3 Å². The maximum Gasteiger partial charge on any atom is 0.224 e. The first-order chi connectivity index (χ1) is 11.6. The SMILES string of the molecule is O=C(Cc1c(F)cccc1Cl)NCc1cncc(-c2cccs2)c1. The van der Waals surface area contributed by atoms with Crippen LogP contribution in [-0.4, -0.2) is 10.9 Å². The number of carbonyl (C=O) groups is 1. The molecule has 1 N–H and O–H groups in total. The molecule has 0 bridgehead atoms. The second-order valence-corrected chi connectivity index (χ2v) is 6.57. The highest BCUT2D eigenvalue weighted by atomic mass is 35.5. The van der Waals surface area contributed by atoms with Crippen LogP contribution in [0.3, 0.4) is 0 Å². The highest BCUT2D eigenvalue weighted by Gasteiger charge is 2.12. The molecule has 1 aromatic carbocycles. The molecule has 6 heteroatoms. The minimum atomic E-state index is -0.473. The summed E-state index contributed by atoms with van der Waals surface area (Å²) in [7, 11) is 0. The zero-order chi connectivity index (χ0) is 16.9. The highest BCUT2D eigenvalue weighted by molar-refractivity contribution is 7.13. The van der Waals surface area contributed by atoms with Crippen LogP contribution in [0.15, 0.2) is 54.2 Å². The van der Waals surface area contributed by atoms with Gasteiger partial charge in [-0.2, -0.15) is 0 Å². The molecule has 0 saturated carbocycles. The molecule has 24 heavy (non-hydrogen) atoms. The molecule has 0 radical (unpaired) electrons. The number of pyridine rings is 1. The van der Waals surface area contributed by atoms with E-state index in [9.17, 15) is 9.18 Å². The summed E-state index contributed by atoms with van der Waals surface area (Å²) in [6, 6.07) is 10.4. The Kier molecular flexibility index (Phi) is 5.23. The Balaban J connectivity index is 1.64. The quantitative estimate of drug-likeness (QED) is 0.729. The van der Waals surface area contributed by atoms with Crippen LogP contribution in [0, 0.1) is 5.82 Å². The molecule has 2 heterocycles. The number of nitrogens with zero attached hydrogens (tertiary/aromatic N) is 1. The van der Waals surface area contributed by atoms with Crippen molar-refractivity contribution in [1.29, 1.82) is 0 Å². The smallest absolute Gasteiger partial charge is 0.224 e. The Hall–Kier alpha value is -2.24. The number of carbonyl (C=O) groups excluding carboxylic acids is 1. The van der Waals surface area contributed by atoms with Gasteiger partial charge in [-0.3, -0.25) is 9.78 Å². The normalized spacial score (nSPS) is 10.6. The van der Waals surface area contributed by atoms with Crippen molar-refractivity contribution in [2.75, 3.05) is 0 Å². The van der Waals surface area contributed by atoms with Crippen molar-refractivity contribution < 1.29 is 9.18 Å². The van der Waals surface area contributed by atoms with E-state index in [1.807, 2.05) is 23.6 Å². The van der Waals surface area contributed by atoms with Crippen LogP contribution in [0.4, 0.5) is 4.39 Å². The van der Waals surface area contributed by atoms with Gasteiger partial charge in [0.25, 0.3) is 0 Å². The lowest BCUT2D eigenvalue weighted by molar-refractivity contribution is -0.120. The van der Waals surface area contributed by atoms with E-state index in [0.717, 1.165) is 16.0 Å². The molecule has 3 aromatic rings. The van der Waals surface area contributed by atoms with E-state index in [-0.39, 0.29) is 22.9 Å². The van der Waals surface area contributed by atoms with E-state index in [0.29, 0.717) is 6.54 Å². The van der Waals surface area contributed by atoms with Crippen LogP contribution in [0.1, 0.15) is 11.1 Å². The molecule has 0 fully saturated rings. The summed E-state index contributed by atoms with van der Waals surface area (Å²) in [6.45, 7) is 0.330. The van der Waals surface area contributed by atoms with Crippen molar-refractivity contribution in [2.24, 2.45) is 0 Å². The van der Waals surface area contributed by atoms with Crippen LogP contribution < -0.4 is 5.32 Å². The van der Waals surface area contributed by atoms with Crippen molar-refractivity contribution in [3.63, 3.8) is 0 Å². The Labute approximate surface area is 148 Å². The number of hydrogen-bond acceptors (Lipinski definition) is 3. The molecule has 0 aliphatic rings. The van der Waals surface area contributed by atoms with Crippen molar-refractivity contribution >= 4 is 28.8 Å². The first-order valence-electron chi connectivity index (χ1n) is 7.31. The highest BCUT2D eigenvalue weighted by Crippen LogP contribution is 2.24. The van der Waals surface area contributed by atoms with Gasteiger partial charge in [0, 0.05) is 40.0 Å². The molecule has 0 aliphatic heterocycles.